The maximum atomic E-state index is 12.6. The van der Waals surface area contributed by atoms with E-state index in [1.807, 2.05) is 6.07 Å². The van der Waals surface area contributed by atoms with Crippen LogP contribution < -0.4 is 10.5 Å². The van der Waals surface area contributed by atoms with Gasteiger partial charge in [-0.15, -0.1) is 0 Å². The Morgan fingerprint density at radius 1 is 1.58 bits per heavy atom. The largest absolute Gasteiger partial charge is 0.496 e. The summed E-state index contributed by atoms with van der Waals surface area (Å²) in [6, 6.07) is 5.21. The zero-order valence-electron chi connectivity index (χ0n) is 10.6. The van der Waals surface area contributed by atoms with E-state index >= 15 is 0 Å². The number of hydrogen-bond donors (Lipinski definition) is 1. The number of rotatable bonds is 3. The number of halogens is 1. The summed E-state index contributed by atoms with van der Waals surface area (Å²) < 4.78 is 6.13. The molecule has 1 aliphatic rings. The lowest BCUT2D eigenvalue weighted by molar-refractivity contribution is 0.0767. The summed E-state index contributed by atoms with van der Waals surface area (Å²) in [6.07, 6.45) is 1.76. The van der Waals surface area contributed by atoms with E-state index in [1.165, 1.54) is 0 Å². The fourth-order valence-corrected chi connectivity index (χ4v) is 2.89. The summed E-state index contributed by atoms with van der Waals surface area (Å²) in [5.41, 5.74) is 6.23. The number of amides is 1. The molecule has 1 atom stereocenters. The maximum Gasteiger partial charge on any atom is 0.258 e. The highest BCUT2D eigenvalue weighted by atomic mass is 79.9. The Labute approximate surface area is 126 Å². The number of nitrogens with zero attached hydrogens (tertiary/aromatic N) is 1. The van der Waals surface area contributed by atoms with Gasteiger partial charge in [-0.1, -0.05) is 28.1 Å². The average Bonchev–Trinajstić information content (AvgIpc) is 2.87. The summed E-state index contributed by atoms with van der Waals surface area (Å²) in [6.45, 7) is 0.681. The van der Waals surface area contributed by atoms with Crippen LogP contribution in [0.1, 0.15) is 23.2 Å². The van der Waals surface area contributed by atoms with Crippen LogP contribution in [0.5, 0.6) is 5.75 Å². The van der Waals surface area contributed by atoms with Gasteiger partial charge in [0.15, 0.2) is 0 Å². The molecule has 2 N–H and O–H groups in total. The lowest BCUT2D eigenvalue weighted by Crippen LogP contribution is -2.42. The van der Waals surface area contributed by atoms with Gasteiger partial charge in [0.2, 0.25) is 0 Å². The molecule has 0 bridgehead atoms. The van der Waals surface area contributed by atoms with E-state index in [1.54, 1.807) is 24.1 Å². The number of carbonyl (C=O) groups is 1. The second-order valence-corrected chi connectivity index (χ2v) is 5.79. The van der Waals surface area contributed by atoms with Crippen molar-refractivity contribution >= 4 is 39.0 Å². The second-order valence-electron chi connectivity index (χ2n) is 4.40. The first-order valence-corrected chi connectivity index (χ1v) is 7.18. The number of carbonyl (C=O) groups excluding carboxylic acids is 1. The Kier molecular flexibility index (Phi) is 4.42. The van der Waals surface area contributed by atoms with Crippen LogP contribution in [0.2, 0.25) is 0 Å². The number of likely N-dealkylation sites (tertiary alicyclic amines) is 1. The van der Waals surface area contributed by atoms with Gasteiger partial charge in [-0.2, -0.15) is 0 Å². The van der Waals surface area contributed by atoms with Crippen LogP contribution in [-0.4, -0.2) is 35.5 Å². The van der Waals surface area contributed by atoms with Crippen molar-refractivity contribution in [3.05, 3.63) is 28.2 Å². The Morgan fingerprint density at radius 3 is 2.95 bits per heavy atom. The molecule has 19 heavy (non-hydrogen) atoms. The highest BCUT2D eigenvalue weighted by Gasteiger charge is 2.32. The van der Waals surface area contributed by atoms with Gasteiger partial charge in [-0.05, 0) is 31.0 Å². The Hall–Kier alpha value is -1.14. The van der Waals surface area contributed by atoms with Crippen molar-refractivity contribution in [3.63, 3.8) is 0 Å². The van der Waals surface area contributed by atoms with E-state index in [2.05, 4.69) is 15.9 Å². The van der Waals surface area contributed by atoms with Crippen molar-refractivity contribution in [2.45, 2.75) is 18.9 Å². The number of benzene rings is 1. The van der Waals surface area contributed by atoms with Crippen molar-refractivity contribution in [2.24, 2.45) is 5.73 Å². The maximum absolute atomic E-state index is 12.6. The summed E-state index contributed by atoms with van der Waals surface area (Å²) in [5, 5.41) is 0. The standard InChI is InChI=1S/C13H15BrN2O2S/c1-18-11-7-8(14)4-5-9(11)13(17)16-6-2-3-10(16)12(15)19/h4-5,7,10H,2-3,6H2,1H3,(H2,15,19). The molecule has 1 fully saturated rings. The van der Waals surface area contributed by atoms with E-state index in [0.717, 1.165) is 17.3 Å². The minimum absolute atomic E-state index is 0.0837. The number of thiocarbonyl (C=S) groups is 1. The molecule has 102 valence electrons. The van der Waals surface area contributed by atoms with Gasteiger partial charge in [0.25, 0.3) is 5.91 Å². The first-order chi connectivity index (χ1) is 9.04. The lowest BCUT2D eigenvalue weighted by atomic mass is 10.1. The van der Waals surface area contributed by atoms with E-state index < -0.39 is 0 Å². The monoisotopic (exact) mass is 342 g/mol. The predicted molar refractivity (Wildman–Crippen MR) is 81.5 cm³/mol. The second kappa shape index (κ2) is 5.88. The van der Waals surface area contributed by atoms with E-state index in [0.29, 0.717) is 22.8 Å². The van der Waals surface area contributed by atoms with Crippen LogP contribution >= 0.6 is 28.1 Å². The molecular formula is C13H15BrN2O2S. The fourth-order valence-electron chi connectivity index (χ4n) is 2.30. The molecule has 0 radical (unpaired) electrons. The molecule has 0 aromatic heterocycles. The van der Waals surface area contributed by atoms with Crippen LogP contribution in [0.4, 0.5) is 0 Å². The molecule has 0 aliphatic carbocycles. The Bertz CT molecular complexity index is 521. The first-order valence-electron chi connectivity index (χ1n) is 5.98. The summed E-state index contributed by atoms with van der Waals surface area (Å²) in [7, 11) is 1.55. The smallest absolute Gasteiger partial charge is 0.258 e. The highest BCUT2D eigenvalue weighted by Crippen LogP contribution is 2.27. The van der Waals surface area contributed by atoms with Gasteiger partial charge in [-0.3, -0.25) is 4.79 Å². The lowest BCUT2D eigenvalue weighted by Gasteiger charge is -2.24. The molecule has 6 heteroatoms. The number of hydrogen-bond acceptors (Lipinski definition) is 3. The average molecular weight is 343 g/mol. The SMILES string of the molecule is COc1cc(Br)ccc1C(=O)N1CCCC1C(N)=S. The molecule has 1 saturated heterocycles. The normalized spacial score (nSPS) is 18.4. The van der Waals surface area contributed by atoms with Gasteiger partial charge in [0.05, 0.1) is 23.7 Å². The van der Waals surface area contributed by atoms with E-state index in [9.17, 15) is 4.79 Å². The molecule has 1 aliphatic heterocycles. The zero-order valence-corrected chi connectivity index (χ0v) is 13.0. The van der Waals surface area contributed by atoms with Gasteiger partial charge < -0.3 is 15.4 Å². The number of methoxy groups -OCH3 is 1. The third-order valence-electron chi connectivity index (χ3n) is 3.24. The van der Waals surface area contributed by atoms with Gasteiger partial charge in [-0.25, -0.2) is 0 Å². The third-order valence-corrected chi connectivity index (χ3v) is 4.00. The first kappa shape index (κ1) is 14.3. The topological polar surface area (TPSA) is 55.6 Å². The van der Waals surface area contributed by atoms with Crippen LogP contribution in [0, 0.1) is 0 Å². The zero-order chi connectivity index (χ0) is 14.0. The molecule has 0 spiro atoms. The minimum Gasteiger partial charge on any atom is -0.496 e. The molecule has 1 heterocycles. The van der Waals surface area contributed by atoms with Crippen molar-refractivity contribution in [1.82, 2.24) is 4.90 Å². The van der Waals surface area contributed by atoms with Crippen LogP contribution in [0.15, 0.2) is 22.7 Å². The molecule has 1 aromatic carbocycles. The number of ether oxygens (including phenoxy) is 1. The molecule has 4 nitrogen and oxygen atoms in total. The van der Waals surface area contributed by atoms with Crippen molar-refractivity contribution in [3.8, 4) is 5.75 Å². The van der Waals surface area contributed by atoms with E-state index in [4.69, 9.17) is 22.7 Å². The van der Waals surface area contributed by atoms with Crippen molar-refractivity contribution in [1.29, 1.82) is 0 Å². The van der Waals surface area contributed by atoms with Gasteiger partial charge in [0, 0.05) is 11.0 Å². The summed E-state index contributed by atoms with van der Waals surface area (Å²) >= 11 is 8.39. The quantitative estimate of drug-likeness (QED) is 0.856. The minimum atomic E-state index is -0.143. The van der Waals surface area contributed by atoms with Crippen LogP contribution in [0.25, 0.3) is 0 Å². The highest BCUT2D eigenvalue weighted by molar-refractivity contribution is 9.10. The molecule has 0 saturated carbocycles. The van der Waals surface area contributed by atoms with E-state index in [-0.39, 0.29) is 11.9 Å². The van der Waals surface area contributed by atoms with Crippen molar-refractivity contribution < 1.29 is 9.53 Å². The number of nitrogens with two attached hydrogens (primary N) is 1. The Morgan fingerprint density at radius 2 is 2.32 bits per heavy atom. The Balaban J connectivity index is 2.31. The molecule has 1 aromatic rings. The summed E-state index contributed by atoms with van der Waals surface area (Å²) in [5.74, 6) is 0.465. The van der Waals surface area contributed by atoms with Crippen LogP contribution in [-0.2, 0) is 0 Å². The molecule has 2 rings (SSSR count). The molecule has 1 amide bonds. The van der Waals surface area contributed by atoms with Gasteiger partial charge >= 0.3 is 0 Å². The van der Waals surface area contributed by atoms with Gasteiger partial charge in [0.1, 0.15) is 5.75 Å². The van der Waals surface area contributed by atoms with Crippen molar-refractivity contribution in [2.75, 3.05) is 13.7 Å². The molecule has 1 unspecified atom stereocenters. The van der Waals surface area contributed by atoms with Crippen LogP contribution in [0.3, 0.4) is 0 Å². The molecular weight excluding hydrogens is 328 g/mol. The predicted octanol–water partition coefficient (Wildman–Crippen LogP) is 2.35. The summed E-state index contributed by atoms with van der Waals surface area (Å²) in [4.78, 5) is 14.7. The fraction of sp³-hybridized carbons (Fsp3) is 0.385. The third kappa shape index (κ3) is 2.90.